The molecular formula is C13H17FN2O2. The van der Waals surface area contributed by atoms with Gasteiger partial charge in [-0.1, -0.05) is 6.07 Å². The smallest absolute Gasteiger partial charge is 0.260 e. The maximum atomic E-state index is 13.6. The van der Waals surface area contributed by atoms with E-state index in [1.165, 1.54) is 23.1 Å². The Kier molecular flexibility index (Phi) is 3.81. The summed E-state index contributed by atoms with van der Waals surface area (Å²) in [4.78, 5) is 13.5. The van der Waals surface area contributed by atoms with Crippen LogP contribution in [0.4, 0.5) is 4.39 Å². The van der Waals surface area contributed by atoms with Gasteiger partial charge in [-0.15, -0.1) is 0 Å². The summed E-state index contributed by atoms with van der Waals surface area (Å²) in [5.41, 5.74) is -0.252. The molecule has 18 heavy (non-hydrogen) atoms. The van der Waals surface area contributed by atoms with Gasteiger partial charge in [0.15, 0.2) is 0 Å². The molecule has 0 aliphatic carbocycles. The summed E-state index contributed by atoms with van der Waals surface area (Å²) < 4.78 is 13.6. The zero-order chi connectivity index (χ0) is 13.1. The Balaban J connectivity index is 2.10. The Morgan fingerprint density at radius 3 is 3.00 bits per heavy atom. The third-order valence-electron chi connectivity index (χ3n) is 3.21. The number of benzene rings is 1. The van der Waals surface area contributed by atoms with E-state index in [1.807, 2.05) is 0 Å². The van der Waals surface area contributed by atoms with E-state index >= 15 is 0 Å². The Morgan fingerprint density at radius 1 is 1.61 bits per heavy atom. The van der Waals surface area contributed by atoms with Crippen LogP contribution >= 0.6 is 0 Å². The van der Waals surface area contributed by atoms with Crippen molar-refractivity contribution in [1.82, 2.24) is 10.2 Å². The summed E-state index contributed by atoms with van der Waals surface area (Å²) >= 11 is 0. The molecule has 0 spiro atoms. The van der Waals surface area contributed by atoms with E-state index in [0.29, 0.717) is 6.54 Å². The molecule has 1 heterocycles. The number of hydrogen-bond donors (Lipinski definition) is 2. The lowest BCUT2D eigenvalue weighted by molar-refractivity contribution is 0.0776. The van der Waals surface area contributed by atoms with Gasteiger partial charge in [-0.2, -0.15) is 0 Å². The Hall–Kier alpha value is -1.62. The van der Waals surface area contributed by atoms with Gasteiger partial charge in [0.1, 0.15) is 17.1 Å². The van der Waals surface area contributed by atoms with Crippen molar-refractivity contribution in [3.8, 4) is 5.75 Å². The fourth-order valence-electron chi connectivity index (χ4n) is 2.24. The molecule has 1 atom stereocenters. The highest BCUT2D eigenvalue weighted by molar-refractivity contribution is 5.96. The molecule has 98 valence electrons. The minimum absolute atomic E-state index is 0.252. The zero-order valence-electron chi connectivity index (χ0n) is 10.3. The molecule has 1 aliphatic rings. The second kappa shape index (κ2) is 5.35. The summed E-state index contributed by atoms with van der Waals surface area (Å²) in [6, 6.07) is 4.12. The van der Waals surface area contributed by atoms with Crippen molar-refractivity contribution in [3.05, 3.63) is 29.6 Å². The number of amides is 1. The number of phenols is 1. The summed E-state index contributed by atoms with van der Waals surface area (Å²) in [7, 11) is 1.62. The topological polar surface area (TPSA) is 52.6 Å². The molecule has 1 fully saturated rings. The van der Waals surface area contributed by atoms with E-state index in [2.05, 4.69) is 5.32 Å². The Bertz CT molecular complexity index is 424. The standard InChI is InChI=1S/C13H17FN2O2/c1-16(8-9-4-3-7-15-9)13(18)12-10(14)5-2-6-11(12)17/h2,5-6,9,15,17H,3-4,7-8H2,1H3. The summed E-state index contributed by atoms with van der Waals surface area (Å²) in [5.74, 6) is -1.49. The highest BCUT2D eigenvalue weighted by atomic mass is 19.1. The van der Waals surface area contributed by atoms with Crippen molar-refractivity contribution in [2.75, 3.05) is 20.1 Å². The number of aromatic hydroxyl groups is 1. The van der Waals surface area contributed by atoms with Crippen LogP contribution in [-0.2, 0) is 0 Å². The van der Waals surface area contributed by atoms with Gasteiger partial charge in [0.2, 0.25) is 0 Å². The lowest BCUT2D eigenvalue weighted by atomic mass is 10.1. The van der Waals surface area contributed by atoms with Gasteiger partial charge in [-0.05, 0) is 31.5 Å². The molecule has 1 aromatic rings. The first-order valence-corrected chi connectivity index (χ1v) is 6.06. The van der Waals surface area contributed by atoms with Crippen LogP contribution in [0.2, 0.25) is 0 Å². The van der Waals surface area contributed by atoms with E-state index in [9.17, 15) is 14.3 Å². The number of likely N-dealkylation sites (N-methyl/N-ethyl adjacent to an activating group) is 1. The van der Waals surface area contributed by atoms with Crippen LogP contribution in [-0.4, -0.2) is 42.1 Å². The van der Waals surface area contributed by atoms with Crippen molar-refractivity contribution in [1.29, 1.82) is 0 Å². The number of phenolic OH excluding ortho intramolecular Hbond substituents is 1. The zero-order valence-corrected chi connectivity index (χ0v) is 10.3. The van der Waals surface area contributed by atoms with Crippen LogP contribution in [0.25, 0.3) is 0 Å². The van der Waals surface area contributed by atoms with Crippen molar-refractivity contribution in [2.45, 2.75) is 18.9 Å². The normalized spacial score (nSPS) is 18.9. The minimum Gasteiger partial charge on any atom is -0.507 e. The number of halogens is 1. The number of carbonyl (C=O) groups excluding carboxylic acids is 1. The Labute approximate surface area is 105 Å². The first-order chi connectivity index (χ1) is 8.59. The fourth-order valence-corrected chi connectivity index (χ4v) is 2.24. The Morgan fingerprint density at radius 2 is 2.39 bits per heavy atom. The van der Waals surface area contributed by atoms with Crippen LogP contribution in [0.5, 0.6) is 5.75 Å². The third kappa shape index (κ3) is 2.61. The quantitative estimate of drug-likeness (QED) is 0.854. The summed E-state index contributed by atoms with van der Waals surface area (Å²) in [6.07, 6.45) is 2.11. The van der Waals surface area contributed by atoms with Crippen LogP contribution < -0.4 is 5.32 Å². The molecule has 0 saturated carbocycles. The number of nitrogens with one attached hydrogen (secondary N) is 1. The first-order valence-electron chi connectivity index (χ1n) is 6.06. The van der Waals surface area contributed by atoms with E-state index in [1.54, 1.807) is 7.05 Å². The van der Waals surface area contributed by atoms with E-state index < -0.39 is 11.7 Å². The van der Waals surface area contributed by atoms with Gasteiger partial charge in [-0.3, -0.25) is 4.79 Å². The van der Waals surface area contributed by atoms with Crippen molar-refractivity contribution in [2.24, 2.45) is 0 Å². The molecule has 1 amide bonds. The van der Waals surface area contributed by atoms with Gasteiger partial charge in [-0.25, -0.2) is 4.39 Å². The molecule has 1 aliphatic heterocycles. The van der Waals surface area contributed by atoms with Gasteiger partial charge in [0, 0.05) is 19.6 Å². The molecule has 1 saturated heterocycles. The molecule has 0 radical (unpaired) electrons. The lowest BCUT2D eigenvalue weighted by Gasteiger charge is -2.22. The average molecular weight is 252 g/mol. The van der Waals surface area contributed by atoms with Crippen LogP contribution in [0, 0.1) is 5.82 Å². The predicted molar refractivity (Wildman–Crippen MR) is 66.1 cm³/mol. The van der Waals surface area contributed by atoms with Gasteiger partial charge in [0.25, 0.3) is 5.91 Å². The van der Waals surface area contributed by atoms with Crippen LogP contribution in [0.1, 0.15) is 23.2 Å². The van der Waals surface area contributed by atoms with Gasteiger partial charge in [0.05, 0.1) is 0 Å². The second-order valence-corrected chi connectivity index (χ2v) is 4.61. The lowest BCUT2D eigenvalue weighted by Crippen LogP contribution is -2.38. The van der Waals surface area contributed by atoms with Crippen molar-refractivity contribution < 1.29 is 14.3 Å². The SMILES string of the molecule is CN(CC1CCCN1)C(=O)c1c(O)cccc1F. The van der Waals surface area contributed by atoms with E-state index in [-0.39, 0.29) is 17.4 Å². The molecule has 2 rings (SSSR count). The molecular weight excluding hydrogens is 235 g/mol. The highest BCUT2D eigenvalue weighted by Gasteiger charge is 2.23. The number of nitrogens with zero attached hydrogens (tertiary/aromatic N) is 1. The molecule has 1 unspecified atom stereocenters. The second-order valence-electron chi connectivity index (χ2n) is 4.61. The van der Waals surface area contributed by atoms with Crippen molar-refractivity contribution >= 4 is 5.91 Å². The average Bonchev–Trinajstić information content (AvgIpc) is 2.81. The monoisotopic (exact) mass is 252 g/mol. The van der Waals surface area contributed by atoms with Crippen LogP contribution in [0.3, 0.4) is 0 Å². The first kappa shape index (κ1) is 12.8. The van der Waals surface area contributed by atoms with Crippen molar-refractivity contribution in [3.63, 3.8) is 0 Å². The molecule has 0 bridgehead atoms. The third-order valence-corrected chi connectivity index (χ3v) is 3.21. The highest BCUT2D eigenvalue weighted by Crippen LogP contribution is 2.21. The molecule has 0 aromatic heterocycles. The molecule has 4 nitrogen and oxygen atoms in total. The summed E-state index contributed by atoms with van der Waals surface area (Å²) in [5, 5.41) is 12.8. The number of carbonyl (C=O) groups is 1. The molecule has 1 aromatic carbocycles. The van der Waals surface area contributed by atoms with Crippen LogP contribution in [0.15, 0.2) is 18.2 Å². The predicted octanol–water partition coefficient (Wildman–Crippen LogP) is 1.36. The van der Waals surface area contributed by atoms with E-state index in [4.69, 9.17) is 0 Å². The number of rotatable bonds is 3. The fraction of sp³-hybridized carbons (Fsp3) is 0.462. The summed E-state index contributed by atoms with van der Waals surface area (Å²) in [6.45, 7) is 1.48. The maximum absolute atomic E-state index is 13.6. The largest absolute Gasteiger partial charge is 0.507 e. The molecule has 2 N–H and O–H groups in total. The van der Waals surface area contributed by atoms with E-state index in [0.717, 1.165) is 19.4 Å². The van der Waals surface area contributed by atoms with Gasteiger partial charge >= 0.3 is 0 Å². The molecule has 5 heteroatoms. The maximum Gasteiger partial charge on any atom is 0.260 e. The number of hydrogen-bond acceptors (Lipinski definition) is 3. The van der Waals surface area contributed by atoms with Gasteiger partial charge < -0.3 is 15.3 Å². The minimum atomic E-state index is -0.689.